The van der Waals surface area contributed by atoms with E-state index in [-0.39, 0.29) is 0 Å². The third kappa shape index (κ3) is 1.07. The van der Waals surface area contributed by atoms with Crippen molar-refractivity contribution in [2.24, 2.45) is 0 Å². The summed E-state index contributed by atoms with van der Waals surface area (Å²) in [6, 6.07) is 9.30. The monoisotopic (exact) mass is 187 g/mol. The van der Waals surface area contributed by atoms with E-state index in [1.807, 2.05) is 0 Å². The fourth-order valence-electron chi connectivity index (χ4n) is 2.51. The van der Waals surface area contributed by atoms with Gasteiger partial charge in [0.05, 0.1) is 5.69 Å². The van der Waals surface area contributed by atoms with E-state index < -0.39 is 0 Å². The average molecular weight is 187 g/mol. The van der Waals surface area contributed by atoms with Crippen molar-refractivity contribution in [3.63, 3.8) is 0 Å². The lowest BCUT2D eigenvalue weighted by molar-refractivity contribution is -0.532. The summed E-state index contributed by atoms with van der Waals surface area (Å²) < 4.78 is 2.35. The lowest BCUT2D eigenvalue weighted by Gasteiger charge is -2.20. The molecule has 0 aromatic heterocycles. The van der Waals surface area contributed by atoms with Crippen molar-refractivity contribution in [1.29, 1.82) is 0 Å². The van der Waals surface area contributed by atoms with Crippen LogP contribution in [0.15, 0.2) is 24.3 Å². The third-order valence-corrected chi connectivity index (χ3v) is 3.33. The van der Waals surface area contributed by atoms with Gasteiger partial charge in [-0.1, -0.05) is 18.2 Å². The van der Waals surface area contributed by atoms with Crippen molar-refractivity contribution in [2.75, 3.05) is 5.43 Å². The predicted molar refractivity (Wildman–Crippen MR) is 57.7 cm³/mol. The first-order valence-electron chi connectivity index (χ1n) is 5.31. The van der Waals surface area contributed by atoms with E-state index in [0.717, 1.165) is 0 Å². The van der Waals surface area contributed by atoms with Crippen molar-refractivity contribution in [3.05, 3.63) is 29.8 Å². The summed E-state index contributed by atoms with van der Waals surface area (Å²) >= 11 is 0. The summed E-state index contributed by atoms with van der Waals surface area (Å²) in [6.07, 6.45) is 3.74. The molecule has 1 unspecified atom stereocenters. The lowest BCUT2D eigenvalue weighted by atomic mass is 10.0. The molecule has 0 saturated carbocycles. The van der Waals surface area contributed by atoms with Crippen LogP contribution in [-0.2, 0) is 6.42 Å². The fraction of sp³-hybridized carbons (Fsp3) is 0.417. The SMILES string of the molecule is CC1=[N+]2Nc3ccccc3CC2CC1. The van der Waals surface area contributed by atoms with Gasteiger partial charge in [0.25, 0.3) is 0 Å². The molecule has 2 aliphatic heterocycles. The molecule has 0 radical (unpaired) electrons. The maximum absolute atomic E-state index is 3.50. The van der Waals surface area contributed by atoms with Crippen LogP contribution >= 0.6 is 0 Å². The van der Waals surface area contributed by atoms with Gasteiger partial charge in [-0.15, -0.1) is 4.68 Å². The fourth-order valence-corrected chi connectivity index (χ4v) is 2.51. The van der Waals surface area contributed by atoms with E-state index in [9.17, 15) is 0 Å². The predicted octanol–water partition coefficient (Wildman–Crippen LogP) is 2.21. The third-order valence-electron chi connectivity index (χ3n) is 3.33. The van der Waals surface area contributed by atoms with E-state index in [1.54, 1.807) is 0 Å². The van der Waals surface area contributed by atoms with Crippen molar-refractivity contribution in [2.45, 2.75) is 32.2 Å². The molecule has 0 aliphatic carbocycles. The summed E-state index contributed by atoms with van der Waals surface area (Å²) in [6.45, 7) is 2.22. The van der Waals surface area contributed by atoms with E-state index in [2.05, 4.69) is 41.3 Å². The van der Waals surface area contributed by atoms with Crippen LogP contribution in [0.2, 0.25) is 0 Å². The number of nitrogens with zero attached hydrogens (tertiary/aromatic N) is 1. The summed E-state index contributed by atoms with van der Waals surface area (Å²) in [5, 5.41) is 0. The molecule has 0 spiro atoms. The molecular formula is C12H15N2+. The van der Waals surface area contributed by atoms with Crippen LogP contribution < -0.4 is 5.43 Å². The zero-order valence-corrected chi connectivity index (χ0v) is 8.46. The van der Waals surface area contributed by atoms with E-state index in [1.165, 1.54) is 36.2 Å². The second kappa shape index (κ2) is 2.84. The standard InChI is InChI=1S/C12H15N2/c1-9-6-7-11-8-10-4-2-3-5-12(10)13-14(9)11/h2-5,11,13H,6-8H2,1H3/q+1. The molecule has 2 heterocycles. The number of fused-ring (bicyclic) bond motifs is 2. The highest BCUT2D eigenvalue weighted by Crippen LogP contribution is 2.27. The molecule has 2 heteroatoms. The van der Waals surface area contributed by atoms with E-state index in [0.29, 0.717) is 6.04 Å². The minimum Gasteiger partial charge on any atom is -0.166 e. The second-order valence-corrected chi connectivity index (χ2v) is 4.27. The molecule has 0 amide bonds. The number of rotatable bonds is 0. The van der Waals surface area contributed by atoms with Gasteiger partial charge < -0.3 is 0 Å². The number of hydrogen-bond donors (Lipinski definition) is 1. The Hall–Kier alpha value is -1.31. The molecule has 1 N–H and O–H groups in total. The molecule has 0 fully saturated rings. The number of anilines is 1. The number of benzene rings is 1. The highest BCUT2D eigenvalue weighted by atomic mass is 15.5. The molecule has 72 valence electrons. The molecule has 2 aliphatic rings. The van der Waals surface area contributed by atoms with Gasteiger partial charge in [-0.2, -0.15) is 5.43 Å². The number of hydrazine groups is 1. The number of hydrazone groups is 1. The molecule has 14 heavy (non-hydrogen) atoms. The Bertz CT molecular complexity index is 407. The van der Waals surface area contributed by atoms with Crippen molar-refractivity contribution >= 4 is 11.4 Å². The molecule has 1 atom stereocenters. The van der Waals surface area contributed by atoms with Crippen LogP contribution in [0.3, 0.4) is 0 Å². The van der Waals surface area contributed by atoms with Gasteiger partial charge in [0.2, 0.25) is 0 Å². The second-order valence-electron chi connectivity index (χ2n) is 4.27. The lowest BCUT2D eigenvalue weighted by Crippen LogP contribution is -2.35. The van der Waals surface area contributed by atoms with Crippen LogP contribution in [0.5, 0.6) is 0 Å². The Morgan fingerprint density at radius 1 is 1.36 bits per heavy atom. The molecule has 1 aromatic rings. The molecule has 3 rings (SSSR count). The molecule has 0 saturated heterocycles. The average Bonchev–Trinajstić information content (AvgIpc) is 2.57. The maximum Gasteiger partial charge on any atom is 0.186 e. The highest BCUT2D eigenvalue weighted by Gasteiger charge is 2.35. The summed E-state index contributed by atoms with van der Waals surface area (Å²) in [7, 11) is 0. The van der Waals surface area contributed by atoms with Crippen LogP contribution in [0.1, 0.15) is 25.3 Å². The van der Waals surface area contributed by atoms with Gasteiger partial charge in [-0.25, -0.2) is 0 Å². The van der Waals surface area contributed by atoms with Crippen molar-refractivity contribution < 1.29 is 4.68 Å². The molecule has 2 nitrogen and oxygen atoms in total. The Balaban J connectivity index is 2.05. The smallest absolute Gasteiger partial charge is 0.166 e. The topological polar surface area (TPSA) is 15.0 Å². The zero-order valence-electron chi connectivity index (χ0n) is 8.46. The van der Waals surface area contributed by atoms with Crippen LogP contribution in [0, 0.1) is 0 Å². The van der Waals surface area contributed by atoms with Crippen LogP contribution in [-0.4, -0.2) is 16.4 Å². The van der Waals surface area contributed by atoms with Crippen molar-refractivity contribution in [1.82, 2.24) is 0 Å². The Kier molecular flexibility index (Phi) is 1.63. The Morgan fingerprint density at radius 2 is 2.21 bits per heavy atom. The Labute approximate surface area is 84.2 Å². The summed E-state index contributed by atoms with van der Waals surface area (Å²) in [4.78, 5) is 0. The molecular weight excluding hydrogens is 172 g/mol. The van der Waals surface area contributed by atoms with Gasteiger partial charge in [-0.3, -0.25) is 0 Å². The minimum absolute atomic E-state index is 0.685. The van der Waals surface area contributed by atoms with Crippen LogP contribution in [0.25, 0.3) is 0 Å². The van der Waals surface area contributed by atoms with Gasteiger partial charge in [0, 0.05) is 26.2 Å². The van der Waals surface area contributed by atoms with Gasteiger partial charge in [0.15, 0.2) is 11.8 Å². The van der Waals surface area contributed by atoms with Crippen molar-refractivity contribution in [3.8, 4) is 0 Å². The number of para-hydroxylation sites is 1. The minimum atomic E-state index is 0.685. The van der Waals surface area contributed by atoms with Gasteiger partial charge in [-0.05, 0) is 11.6 Å². The van der Waals surface area contributed by atoms with Gasteiger partial charge >= 0.3 is 0 Å². The first-order valence-corrected chi connectivity index (χ1v) is 5.31. The first kappa shape index (κ1) is 8.04. The van der Waals surface area contributed by atoms with E-state index in [4.69, 9.17) is 0 Å². The zero-order chi connectivity index (χ0) is 9.54. The number of hydrogen-bond acceptors (Lipinski definition) is 1. The summed E-state index contributed by atoms with van der Waals surface area (Å²) in [5.74, 6) is 0. The molecule has 1 aromatic carbocycles. The van der Waals surface area contributed by atoms with E-state index >= 15 is 0 Å². The first-order chi connectivity index (χ1) is 6.84. The largest absolute Gasteiger partial charge is 0.186 e. The summed E-state index contributed by atoms with van der Waals surface area (Å²) in [5.41, 5.74) is 7.73. The highest BCUT2D eigenvalue weighted by molar-refractivity contribution is 5.78. The van der Waals surface area contributed by atoms with Gasteiger partial charge in [0.1, 0.15) is 0 Å². The van der Waals surface area contributed by atoms with Crippen LogP contribution in [0.4, 0.5) is 5.69 Å². The molecule has 0 bridgehead atoms. The maximum atomic E-state index is 3.50. The quantitative estimate of drug-likeness (QED) is 0.615. The number of nitrogens with one attached hydrogen (secondary N) is 1. The Morgan fingerprint density at radius 3 is 3.14 bits per heavy atom. The normalized spacial score (nSPS) is 24.2.